The maximum atomic E-state index is 11.1. The number of nitrogens with two attached hydrogens (primary N) is 2. The number of benzene rings is 1. The lowest BCUT2D eigenvalue weighted by Crippen LogP contribution is -2.16. The van der Waals surface area contributed by atoms with E-state index in [1.807, 2.05) is 30.3 Å². The van der Waals surface area contributed by atoms with Crippen molar-refractivity contribution >= 4 is 11.7 Å². The first-order valence-electron chi connectivity index (χ1n) is 6.47. The summed E-state index contributed by atoms with van der Waals surface area (Å²) in [6.45, 7) is 0.672. The number of primary amides is 1. The molecular formula is C15H18N4O. The summed E-state index contributed by atoms with van der Waals surface area (Å²) < 4.78 is 0. The number of pyridine rings is 1. The molecule has 2 rings (SSSR count). The van der Waals surface area contributed by atoms with Gasteiger partial charge in [-0.3, -0.25) is 4.79 Å². The smallest absolute Gasteiger partial charge is 0.248 e. The Balaban J connectivity index is 1.87. The first kappa shape index (κ1) is 14.0. The maximum absolute atomic E-state index is 11.1. The van der Waals surface area contributed by atoms with Crippen LogP contribution < -0.4 is 16.8 Å². The highest BCUT2D eigenvalue weighted by Crippen LogP contribution is 2.13. The molecular weight excluding hydrogens is 252 g/mol. The topological polar surface area (TPSA) is 94.0 Å². The van der Waals surface area contributed by atoms with Crippen molar-refractivity contribution in [2.24, 2.45) is 11.5 Å². The second-order valence-electron chi connectivity index (χ2n) is 4.53. The molecule has 0 saturated heterocycles. The summed E-state index contributed by atoms with van der Waals surface area (Å²) in [5, 5.41) is 3.14. The van der Waals surface area contributed by atoms with Gasteiger partial charge in [-0.1, -0.05) is 30.3 Å². The van der Waals surface area contributed by atoms with E-state index < -0.39 is 5.91 Å². The van der Waals surface area contributed by atoms with Crippen LogP contribution in [0, 0.1) is 0 Å². The summed E-state index contributed by atoms with van der Waals surface area (Å²) in [6, 6.07) is 13.1. The van der Waals surface area contributed by atoms with Crippen LogP contribution in [-0.2, 0) is 0 Å². The molecule has 0 aliphatic heterocycles. The molecule has 5 N–H and O–H groups in total. The van der Waals surface area contributed by atoms with Gasteiger partial charge in [-0.25, -0.2) is 4.98 Å². The Morgan fingerprint density at radius 1 is 1.25 bits per heavy atom. The predicted octanol–water partition coefficient (Wildman–Crippen LogP) is 1.68. The molecule has 0 aliphatic rings. The fourth-order valence-corrected chi connectivity index (χ4v) is 1.90. The van der Waals surface area contributed by atoms with Gasteiger partial charge in [0.2, 0.25) is 5.91 Å². The summed E-state index contributed by atoms with van der Waals surface area (Å²) in [5.74, 6) is 0.165. The molecule has 0 fully saturated rings. The van der Waals surface area contributed by atoms with Gasteiger partial charge >= 0.3 is 0 Å². The Labute approximate surface area is 118 Å². The van der Waals surface area contributed by atoms with Gasteiger partial charge in [-0.05, 0) is 24.1 Å². The number of hydrogen-bond donors (Lipinski definition) is 3. The monoisotopic (exact) mass is 270 g/mol. The van der Waals surface area contributed by atoms with Crippen molar-refractivity contribution in [1.82, 2.24) is 4.98 Å². The Bertz CT molecular complexity index is 571. The normalized spacial score (nSPS) is 11.8. The Morgan fingerprint density at radius 2 is 2.00 bits per heavy atom. The number of nitrogens with one attached hydrogen (secondary N) is 1. The molecule has 2 aromatic rings. The SMILES string of the molecule is NC(=O)c1ccnc(NCCC(N)c2ccccc2)c1. The summed E-state index contributed by atoms with van der Waals surface area (Å²) in [5.41, 5.74) is 12.9. The fourth-order valence-electron chi connectivity index (χ4n) is 1.90. The average molecular weight is 270 g/mol. The number of amides is 1. The molecule has 0 spiro atoms. The third kappa shape index (κ3) is 3.80. The highest BCUT2D eigenvalue weighted by molar-refractivity contribution is 5.93. The van der Waals surface area contributed by atoms with Crippen LogP contribution in [0.25, 0.3) is 0 Å². The third-order valence-electron chi connectivity index (χ3n) is 3.03. The molecule has 1 aromatic heterocycles. The minimum Gasteiger partial charge on any atom is -0.370 e. The molecule has 0 saturated carbocycles. The van der Waals surface area contributed by atoms with Crippen LogP contribution in [0.2, 0.25) is 0 Å². The zero-order chi connectivity index (χ0) is 14.4. The molecule has 1 aromatic carbocycles. The number of nitrogens with zero attached hydrogens (tertiary/aromatic N) is 1. The molecule has 1 amide bonds. The van der Waals surface area contributed by atoms with E-state index in [-0.39, 0.29) is 6.04 Å². The molecule has 20 heavy (non-hydrogen) atoms. The van der Waals surface area contributed by atoms with E-state index in [0.29, 0.717) is 17.9 Å². The lowest BCUT2D eigenvalue weighted by molar-refractivity contribution is 0.1000. The van der Waals surface area contributed by atoms with E-state index in [4.69, 9.17) is 11.5 Å². The summed E-state index contributed by atoms with van der Waals surface area (Å²) in [4.78, 5) is 15.2. The summed E-state index contributed by atoms with van der Waals surface area (Å²) >= 11 is 0. The van der Waals surface area contributed by atoms with E-state index >= 15 is 0 Å². The van der Waals surface area contributed by atoms with Crippen LogP contribution in [0.15, 0.2) is 48.7 Å². The molecule has 0 aliphatic carbocycles. The standard InChI is InChI=1S/C15H18N4O/c16-13(11-4-2-1-3-5-11)7-9-19-14-10-12(15(17)20)6-8-18-14/h1-6,8,10,13H,7,9,16H2,(H2,17,20)(H,18,19). The van der Waals surface area contributed by atoms with Crippen LogP contribution in [-0.4, -0.2) is 17.4 Å². The van der Waals surface area contributed by atoms with E-state index in [2.05, 4.69) is 10.3 Å². The number of carbonyl (C=O) groups excluding carboxylic acids is 1. The first-order chi connectivity index (χ1) is 9.66. The van der Waals surface area contributed by atoms with Crippen LogP contribution in [0.4, 0.5) is 5.82 Å². The van der Waals surface area contributed by atoms with Crippen LogP contribution in [0.5, 0.6) is 0 Å². The molecule has 5 heteroatoms. The Morgan fingerprint density at radius 3 is 2.70 bits per heavy atom. The van der Waals surface area contributed by atoms with Crippen molar-refractivity contribution < 1.29 is 4.79 Å². The van der Waals surface area contributed by atoms with E-state index in [0.717, 1.165) is 12.0 Å². The lowest BCUT2D eigenvalue weighted by Gasteiger charge is -2.13. The molecule has 1 atom stereocenters. The number of carbonyl (C=O) groups is 1. The Kier molecular flexibility index (Phi) is 4.68. The van der Waals surface area contributed by atoms with Gasteiger partial charge in [0.15, 0.2) is 0 Å². The van der Waals surface area contributed by atoms with Gasteiger partial charge in [0, 0.05) is 24.3 Å². The van der Waals surface area contributed by atoms with Crippen molar-refractivity contribution in [3.63, 3.8) is 0 Å². The van der Waals surface area contributed by atoms with Crippen molar-refractivity contribution in [3.8, 4) is 0 Å². The van der Waals surface area contributed by atoms with Gasteiger partial charge in [-0.2, -0.15) is 0 Å². The second kappa shape index (κ2) is 6.68. The van der Waals surface area contributed by atoms with Gasteiger partial charge in [-0.15, -0.1) is 0 Å². The van der Waals surface area contributed by atoms with Crippen molar-refractivity contribution in [1.29, 1.82) is 0 Å². The maximum Gasteiger partial charge on any atom is 0.248 e. The average Bonchev–Trinajstić information content (AvgIpc) is 2.48. The second-order valence-corrected chi connectivity index (χ2v) is 4.53. The third-order valence-corrected chi connectivity index (χ3v) is 3.03. The zero-order valence-corrected chi connectivity index (χ0v) is 11.1. The minimum atomic E-state index is -0.462. The van der Waals surface area contributed by atoms with Gasteiger partial charge < -0.3 is 16.8 Å². The highest BCUT2D eigenvalue weighted by atomic mass is 16.1. The van der Waals surface area contributed by atoms with Gasteiger partial charge in [0.1, 0.15) is 5.82 Å². The molecule has 104 valence electrons. The van der Waals surface area contributed by atoms with Crippen molar-refractivity contribution in [3.05, 3.63) is 59.8 Å². The number of rotatable bonds is 6. The van der Waals surface area contributed by atoms with Crippen LogP contribution in [0.3, 0.4) is 0 Å². The van der Waals surface area contributed by atoms with Gasteiger partial charge in [0.05, 0.1) is 0 Å². The summed E-state index contributed by atoms with van der Waals surface area (Å²) in [7, 11) is 0. The van der Waals surface area contributed by atoms with Crippen LogP contribution in [0.1, 0.15) is 28.4 Å². The lowest BCUT2D eigenvalue weighted by atomic mass is 10.1. The molecule has 5 nitrogen and oxygen atoms in total. The number of aromatic nitrogens is 1. The van der Waals surface area contributed by atoms with Crippen LogP contribution >= 0.6 is 0 Å². The highest BCUT2D eigenvalue weighted by Gasteiger charge is 2.06. The van der Waals surface area contributed by atoms with E-state index in [1.54, 1.807) is 18.3 Å². The van der Waals surface area contributed by atoms with E-state index in [1.165, 1.54) is 0 Å². The largest absolute Gasteiger partial charge is 0.370 e. The number of hydrogen-bond acceptors (Lipinski definition) is 4. The first-order valence-corrected chi connectivity index (χ1v) is 6.47. The Hall–Kier alpha value is -2.40. The predicted molar refractivity (Wildman–Crippen MR) is 79.2 cm³/mol. The van der Waals surface area contributed by atoms with Crippen molar-refractivity contribution in [2.75, 3.05) is 11.9 Å². The molecule has 0 radical (unpaired) electrons. The minimum absolute atomic E-state index is 0.0250. The fraction of sp³-hybridized carbons (Fsp3) is 0.200. The summed E-state index contributed by atoms with van der Waals surface area (Å²) in [6.07, 6.45) is 2.33. The van der Waals surface area contributed by atoms with Crippen molar-refractivity contribution in [2.45, 2.75) is 12.5 Å². The number of anilines is 1. The van der Waals surface area contributed by atoms with Gasteiger partial charge in [0.25, 0.3) is 0 Å². The van der Waals surface area contributed by atoms with E-state index in [9.17, 15) is 4.79 Å². The zero-order valence-electron chi connectivity index (χ0n) is 11.1. The molecule has 1 heterocycles. The quantitative estimate of drug-likeness (QED) is 0.744. The molecule has 0 bridgehead atoms. The molecule has 1 unspecified atom stereocenters.